The van der Waals surface area contributed by atoms with E-state index in [1.54, 1.807) is 0 Å². The molecule has 0 spiro atoms. The van der Waals surface area contributed by atoms with E-state index in [0.29, 0.717) is 19.3 Å². The van der Waals surface area contributed by atoms with E-state index in [1.165, 1.54) is 109 Å². The smallest absolute Gasteiger partial charge is 0.306 e. The van der Waals surface area contributed by atoms with Crippen molar-refractivity contribution in [1.29, 1.82) is 0 Å². The summed E-state index contributed by atoms with van der Waals surface area (Å²) in [5, 5.41) is 0. The lowest BCUT2D eigenvalue weighted by molar-refractivity contribution is -0.167. The van der Waals surface area contributed by atoms with Gasteiger partial charge in [0.15, 0.2) is 6.10 Å². The van der Waals surface area contributed by atoms with Gasteiger partial charge in [-0.3, -0.25) is 14.4 Å². The Kier molecular flexibility index (Phi) is 61.9. The predicted molar refractivity (Wildman–Crippen MR) is 343 cm³/mol. The Morgan fingerprint density at radius 1 is 0.266 bits per heavy atom. The second-order valence-corrected chi connectivity index (χ2v) is 20.9. The lowest BCUT2D eigenvalue weighted by Crippen LogP contribution is -2.30. The van der Waals surface area contributed by atoms with Gasteiger partial charge >= 0.3 is 17.9 Å². The summed E-state index contributed by atoms with van der Waals surface area (Å²) < 4.78 is 16.9. The van der Waals surface area contributed by atoms with Crippen molar-refractivity contribution in [3.8, 4) is 0 Å². The van der Waals surface area contributed by atoms with Crippen LogP contribution in [0.4, 0.5) is 0 Å². The summed E-state index contributed by atoms with van der Waals surface area (Å²) in [6.45, 7) is 6.43. The fourth-order valence-electron chi connectivity index (χ4n) is 8.47. The molecule has 1 unspecified atom stereocenters. The molecule has 0 aliphatic carbocycles. The van der Waals surface area contributed by atoms with E-state index in [2.05, 4.69) is 167 Å². The lowest BCUT2D eigenvalue weighted by atomic mass is 10.1. The number of esters is 3. The molecule has 0 aromatic rings. The van der Waals surface area contributed by atoms with Crippen LogP contribution in [0.5, 0.6) is 0 Å². The molecular weight excluding hydrogens is 973 g/mol. The van der Waals surface area contributed by atoms with Crippen molar-refractivity contribution in [1.82, 2.24) is 0 Å². The van der Waals surface area contributed by atoms with Crippen molar-refractivity contribution in [3.63, 3.8) is 0 Å². The predicted octanol–water partition coefficient (Wildman–Crippen LogP) is 22.3. The molecule has 6 nitrogen and oxygen atoms in total. The standard InChI is InChI=1S/C73H118O6/c1-4-7-10-13-16-19-22-25-27-29-31-32-33-34-35-36-37-38-39-40-42-43-45-48-51-54-57-60-63-66-72(75)78-69-70(68-77-71(74)65-62-59-56-53-50-47-24-21-18-15-12-9-6-3)79-73(76)67-64-61-58-55-52-49-46-44-41-30-28-26-23-20-17-14-11-8-5-2/h7,10,16-17,19-21,24-28,31-32,34-35,37-38,40,42,45,48,54,57,70H,4-6,8-9,11-15,18,22-23,29-30,33,36,39,41,43-44,46-47,49-53,55-56,58-69H2,1-3H3/b10-7-,19-16-,20-17-,24-21-,27-25-,28-26-,32-31-,35-34-,38-37-,42-40-,48-45-,57-54-. The maximum atomic E-state index is 12.9. The van der Waals surface area contributed by atoms with E-state index in [0.717, 1.165) is 122 Å². The quantitative estimate of drug-likeness (QED) is 0.0261. The molecule has 79 heavy (non-hydrogen) atoms. The highest BCUT2D eigenvalue weighted by atomic mass is 16.6. The van der Waals surface area contributed by atoms with Crippen molar-refractivity contribution >= 4 is 17.9 Å². The Bertz CT molecular complexity index is 1730. The van der Waals surface area contributed by atoms with Crippen LogP contribution in [0, 0.1) is 0 Å². The fourth-order valence-corrected chi connectivity index (χ4v) is 8.47. The number of carbonyl (C=O) groups excluding carboxylic acids is 3. The number of hydrogen-bond acceptors (Lipinski definition) is 6. The van der Waals surface area contributed by atoms with Gasteiger partial charge in [-0.25, -0.2) is 0 Å². The van der Waals surface area contributed by atoms with E-state index in [-0.39, 0.29) is 37.5 Å². The van der Waals surface area contributed by atoms with Gasteiger partial charge in [-0.1, -0.05) is 263 Å². The molecule has 0 rings (SSSR count). The van der Waals surface area contributed by atoms with Gasteiger partial charge < -0.3 is 14.2 Å². The summed E-state index contributed by atoms with van der Waals surface area (Å²) in [5.74, 6) is -0.981. The van der Waals surface area contributed by atoms with Gasteiger partial charge in [0.1, 0.15) is 13.2 Å². The van der Waals surface area contributed by atoms with Crippen LogP contribution in [0.25, 0.3) is 0 Å². The van der Waals surface area contributed by atoms with Crippen LogP contribution in [0.2, 0.25) is 0 Å². The minimum absolute atomic E-state index is 0.106. The largest absolute Gasteiger partial charge is 0.462 e. The van der Waals surface area contributed by atoms with Gasteiger partial charge in [0.25, 0.3) is 0 Å². The third kappa shape index (κ3) is 64.0. The number of unbranched alkanes of at least 4 members (excludes halogenated alkanes) is 22. The van der Waals surface area contributed by atoms with Crippen LogP contribution >= 0.6 is 0 Å². The summed E-state index contributed by atoms with van der Waals surface area (Å²) in [4.78, 5) is 38.3. The van der Waals surface area contributed by atoms with Gasteiger partial charge in [0.05, 0.1) is 0 Å². The molecule has 0 saturated carbocycles. The van der Waals surface area contributed by atoms with Crippen LogP contribution < -0.4 is 0 Å². The molecule has 1 atom stereocenters. The highest BCUT2D eigenvalue weighted by Crippen LogP contribution is 2.14. The first-order valence-corrected chi connectivity index (χ1v) is 32.3. The Labute approximate surface area is 487 Å². The Balaban J connectivity index is 4.46. The first kappa shape index (κ1) is 74.3. The van der Waals surface area contributed by atoms with Crippen LogP contribution in [-0.2, 0) is 28.6 Å². The number of allylic oxidation sites excluding steroid dienone is 24. The van der Waals surface area contributed by atoms with E-state index in [9.17, 15) is 14.4 Å². The number of hydrogen-bond donors (Lipinski definition) is 0. The van der Waals surface area contributed by atoms with Gasteiger partial charge in [0, 0.05) is 19.3 Å². The van der Waals surface area contributed by atoms with E-state index in [4.69, 9.17) is 14.2 Å². The van der Waals surface area contributed by atoms with Crippen molar-refractivity contribution < 1.29 is 28.6 Å². The zero-order chi connectivity index (χ0) is 57.1. The minimum atomic E-state index is -0.814. The van der Waals surface area contributed by atoms with Crippen LogP contribution in [0.3, 0.4) is 0 Å². The third-order valence-corrected chi connectivity index (χ3v) is 13.3. The van der Waals surface area contributed by atoms with E-state index in [1.807, 2.05) is 0 Å². The summed E-state index contributed by atoms with van der Waals surface area (Å²) in [6.07, 6.45) is 94.3. The van der Waals surface area contributed by atoms with Crippen molar-refractivity contribution in [3.05, 3.63) is 146 Å². The SMILES string of the molecule is CC/C=C\C/C=C\C/C=C\C/C=C\C/C=C\C/C=C\C/C=C\C/C=C\C/C=C\CCCC(=O)OCC(COC(=O)CCCCCCC/C=C\CCCCCC)OC(=O)CCCCCCCCCCC/C=C\C/C=C\CCCCC. The second kappa shape index (κ2) is 65.8. The molecule has 0 aromatic carbocycles. The molecule has 0 radical (unpaired) electrons. The average molecular weight is 1090 g/mol. The summed E-state index contributed by atoms with van der Waals surface area (Å²) >= 11 is 0. The summed E-state index contributed by atoms with van der Waals surface area (Å²) in [6, 6.07) is 0. The van der Waals surface area contributed by atoms with Crippen molar-refractivity contribution in [2.24, 2.45) is 0 Å². The zero-order valence-corrected chi connectivity index (χ0v) is 51.1. The molecule has 0 aliphatic heterocycles. The van der Waals surface area contributed by atoms with Crippen molar-refractivity contribution in [2.45, 2.75) is 284 Å². The number of carbonyl (C=O) groups is 3. The first-order valence-electron chi connectivity index (χ1n) is 32.3. The Morgan fingerprint density at radius 3 is 0.861 bits per heavy atom. The third-order valence-electron chi connectivity index (χ3n) is 13.3. The monoisotopic (exact) mass is 1090 g/mol. The van der Waals surface area contributed by atoms with Gasteiger partial charge in [-0.05, 0) is 141 Å². The number of rotatable bonds is 57. The topological polar surface area (TPSA) is 78.9 Å². The lowest BCUT2D eigenvalue weighted by Gasteiger charge is -2.18. The van der Waals surface area contributed by atoms with Crippen LogP contribution in [0.15, 0.2) is 146 Å². The van der Waals surface area contributed by atoms with E-state index >= 15 is 0 Å². The second-order valence-electron chi connectivity index (χ2n) is 20.9. The highest BCUT2D eigenvalue weighted by molar-refractivity contribution is 5.71. The molecule has 0 amide bonds. The molecule has 0 aliphatic rings. The molecule has 0 aromatic heterocycles. The van der Waals surface area contributed by atoms with Crippen LogP contribution in [0.1, 0.15) is 278 Å². The first-order chi connectivity index (χ1) is 39.0. The Hall–Kier alpha value is -4.71. The van der Waals surface area contributed by atoms with Crippen molar-refractivity contribution in [2.75, 3.05) is 13.2 Å². The molecule has 0 fully saturated rings. The highest BCUT2D eigenvalue weighted by Gasteiger charge is 2.19. The summed E-state index contributed by atoms with van der Waals surface area (Å²) in [5.41, 5.74) is 0. The molecule has 0 saturated heterocycles. The molecular formula is C73H118O6. The molecule has 0 N–H and O–H groups in total. The van der Waals surface area contributed by atoms with E-state index < -0.39 is 6.10 Å². The molecule has 6 heteroatoms. The average Bonchev–Trinajstić information content (AvgIpc) is 3.45. The zero-order valence-electron chi connectivity index (χ0n) is 51.1. The molecule has 0 heterocycles. The summed E-state index contributed by atoms with van der Waals surface area (Å²) in [7, 11) is 0. The normalized spacial score (nSPS) is 13.1. The molecule has 0 bridgehead atoms. The Morgan fingerprint density at radius 2 is 0.506 bits per heavy atom. The van der Waals surface area contributed by atoms with Gasteiger partial charge in [0.2, 0.25) is 0 Å². The minimum Gasteiger partial charge on any atom is -0.462 e. The fraction of sp³-hybridized carbons (Fsp3) is 0.630. The van der Waals surface area contributed by atoms with Gasteiger partial charge in [-0.2, -0.15) is 0 Å². The number of ether oxygens (including phenoxy) is 3. The maximum Gasteiger partial charge on any atom is 0.306 e. The maximum absolute atomic E-state index is 12.9. The van der Waals surface area contributed by atoms with Gasteiger partial charge in [-0.15, -0.1) is 0 Å². The van der Waals surface area contributed by atoms with Crippen LogP contribution in [-0.4, -0.2) is 37.2 Å². The molecule has 446 valence electrons.